The second kappa shape index (κ2) is 8.26. The third kappa shape index (κ3) is 6.01. The Morgan fingerprint density at radius 3 is 2.47 bits per heavy atom. The molecule has 1 aromatic carbocycles. The molecular formula is C14H21N3O2. The molecule has 0 aromatic heterocycles. The molecule has 0 bridgehead atoms. The Balaban J connectivity index is 2.25. The first kappa shape index (κ1) is 15.2. The molecule has 0 spiro atoms. The van der Waals surface area contributed by atoms with E-state index < -0.39 is 0 Å². The van der Waals surface area contributed by atoms with Crippen LogP contribution in [-0.2, 0) is 4.79 Å². The molecule has 1 rings (SSSR count). The second-order valence-electron chi connectivity index (χ2n) is 4.31. The van der Waals surface area contributed by atoms with Crippen LogP contribution < -0.4 is 16.0 Å². The predicted octanol–water partition coefficient (Wildman–Crippen LogP) is 0.531. The van der Waals surface area contributed by atoms with E-state index in [9.17, 15) is 9.59 Å². The lowest BCUT2D eigenvalue weighted by atomic mass is 10.2. The van der Waals surface area contributed by atoms with E-state index in [1.807, 2.05) is 19.9 Å². The highest BCUT2D eigenvalue weighted by Crippen LogP contribution is 1.97. The Hall–Kier alpha value is -1.88. The zero-order valence-corrected chi connectivity index (χ0v) is 11.4. The lowest BCUT2D eigenvalue weighted by molar-refractivity contribution is -0.120. The summed E-state index contributed by atoms with van der Waals surface area (Å²) in [6.07, 6.45) is 0. The minimum absolute atomic E-state index is 0.00737. The molecule has 0 unspecified atom stereocenters. The van der Waals surface area contributed by atoms with Gasteiger partial charge in [-0.1, -0.05) is 25.1 Å². The Morgan fingerprint density at radius 2 is 1.84 bits per heavy atom. The van der Waals surface area contributed by atoms with Crippen molar-refractivity contribution in [3.8, 4) is 0 Å². The predicted molar refractivity (Wildman–Crippen MR) is 74.9 cm³/mol. The number of hydrogen-bond donors (Lipinski definition) is 3. The molecule has 19 heavy (non-hydrogen) atoms. The smallest absolute Gasteiger partial charge is 0.251 e. The first-order chi connectivity index (χ1) is 9.13. The van der Waals surface area contributed by atoms with Gasteiger partial charge in [0.25, 0.3) is 5.91 Å². The zero-order chi connectivity index (χ0) is 14.1. The van der Waals surface area contributed by atoms with Crippen molar-refractivity contribution in [2.75, 3.05) is 19.6 Å². The van der Waals surface area contributed by atoms with Gasteiger partial charge in [0, 0.05) is 18.2 Å². The number of likely N-dealkylation sites (N-methyl/N-ethyl adjacent to an activating group) is 1. The van der Waals surface area contributed by atoms with Crippen LogP contribution in [0.3, 0.4) is 0 Å². The van der Waals surface area contributed by atoms with E-state index in [1.165, 1.54) is 0 Å². The third-order valence-electron chi connectivity index (χ3n) is 2.60. The molecule has 1 aromatic rings. The quantitative estimate of drug-likeness (QED) is 0.672. The average molecular weight is 263 g/mol. The fraction of sp³-hybridized carbons (Fsp3) is 0.429. The molecule has 0 heterocycles. The van der Waals surface area contributed by atoms with Crippen molar-refractivity contribution in [1.82, 2.24) is 16.0 Å². The Bertz CT molecular complexity index is 406. The molecule has 0 saturated heterocycles. The van der Waals surface area contributed by atoms with Crippen LogP contribution in [0.2, 0.25) is 0 Å². The minimum atomic E-state index is -0.240. The first-order valence-corrected chi connectivity index (χ1v) is 6.46. The number of rotatable bonds is 7. The summed E-state index contributed by atoms with van der Waals surface area (Å²) in [5.41, 5.74) is 0.552. The normalized spacial score (nSPS) is 11.7. The summed E-state index contributed by atoms with van der Waals surface area (Å²) < 4.78 is 0. The minimum Gasteiger partial charge on any atom is -0.353 e. The van der Waals surface area contributed by atoms with Crippen molar-refractivity contribution < 1.29 is 9.59 Å². The van der Waals surface area contributed by atoms with Crippen molar-refractivity contribution in [2.24, 2.45) is 0 Å². The van der Waals surface area contributed by atoms with Crippen molar-refractivity contribution in [3.63, 3.8) is 0 Å². The van der Waals surface area contributed by atoms with Gasteiger partial charge in [0.05, 0.1) is 6.54 Å². The molecule has 2 amide bonds. The fourth-order valence-corrected chi connectivity index (χ4v) is 1.60. The van der Waals surface area contributed by atoms with Crippen LogP contribution >= 0.6 is 0 Å². The van der Waals surface area contributed by atoms with Crippen LogP contribution in [0.25, 0.3) is 0 Å². The third-order valence-corrected chi connectivity index (χ3v) is 2.60. The standard InChI is InChI=1S/C14H21N3O2/c1-3-15-11(2)9-16-13(18)10-17-14(19)12-7-5-4-6-8-12/h4-8,11,15H,3,9-10H2,1-2H3,(H,16,18)(H,17,19)/t11-/m1/s1. The van der Waals surface area contributed by atoms with Crippen molar-refractivity contribution >= 4 is 11.8 Å². The maximum atomic E-state index is 11.7. The summed E-state index contributed by atoms with van der Waals surface area (Å²) in [6, 6.07) is 9.05. The molecule has 1 atom stereocenters. The van der Waals surface area contributed by atoms with Gasteiger partial charge >= 0.3 is 0 Å². The highest BCUT2D eigenvalue weighted by molar-refractivity contribution is 5.96. The van der Waals surface area contributed by atoms with Gasteiger partial charge in [-0.25, -0.2) is 0 Å². The SMILES string of the molecule is CCN[C@H](C)CNC(=O)CNC(=O)c1ccccc1. The lowest BCUT2D eigenvalue weighted by Gasteiger charge is -2.13. The van der Waals surface area contributed by atoms with Crippen molar-refractivity contribution in [2.45, 2.75) is 19.9 Å². The fourth-order valence-electron chi connectivity index (χ4n) is 1.60. The molecule has 0 saturated carbocycles. The highest BCUT2D eigenvalue weighted by atomic mass is 16.2. The zero-order valence-electron chi connectivity index (χ0n) is 11.4. The molecule has 0 aliphatic carbocycles. The van der Waals surface area contributed by atoms with Crippen molar-refractivity contribution in [3.05, 3.63) is 35.9 Å². The van der Waals surface area contributed by atoms with Crippen LogP contribution in [0.4, 0.5) is 0 Å². The van der Waals surface area contributed by atoms with Gasteiger partial charge in [-0.05, 0) is 25.6 Å². The molecule has 0 aliphatic heterocycles. The summed E-state index contributed by atoms with van der Waals surface area (Å²) in [7, 11) is 0. The van der Waals surface area contributed by atoms with Gasteiger partial charge in [0.15, 0.2) is 0 Å². The molecule has 104 valence electrons. The average Bonchev–Trinajstić information content (AvgIpc) is 2.44. The molecule has 5 nitrogen and oxygen atoms in total. The molecule has 0 fully saturated rings. The van der Waals surface area contributed by atoms with Gasteiger partial charge in [0.1, 0.15) is 0 Å². The van der Waals surface area contributed by atoms with Gasteiger partial charge in [-0.15, -0.1) is 0 Å². The van der Waals surface area contributed by atoms with Crippen LogP contribution in [-0.4, -0.2) is 37.5 Å². The van der Waals surface area contributed by atoms with Crippen molar-refractivity contribution in [1.29, 1.82) is 0 Å². The number of nitrogens with one attached hydrogen (secondary N) is 3. The van der Waals surface area contributed by atoms with Gasteiger partial charge < -0.3 is 16.0 Å². The topological polar surface area (TPSA) is 70.2 Å². The number of carbonyl (C=O) groups excluding carboxylic acids is 2. The van der Waals surface area contributed by atoms with Gasteiger partial charge in [-0.2, -0.15) is 0 Å². The van der Waals surface area contributed by atoms with E-state index in [1.54, 1.807) is 24.3 Å². The molecular weight excluding hydrogens is 242 g/mol. The Morgan fingerprint density at radius 1 is 1.16 bits per heavy atom. The number of hydrogen-bond acceptors (Lipinski definition) is 3. The molecule has 0 radical (unpaired) electrons. The second-order valence-corrected chi connectivity index (χ2v) is 4.31. The van der Waals surface area contributed by atoms with E-state index in [4.69, 9.17) is 0 Å². The Kier molecular flexibility index (Phi) is 6.60. The summed E-state index contributed by atoms with van der Waals surface area (Å²) in [5.74, 6) is -0.426. The number of benzene rings is 1. The summed E-state index contributed by atoms with van der Waals surface area (Å²) >= 11 is 0. The van der Waals surface area contributed by atoms with Gasteiger partial charge in [-0.3, -0.25) is 9.59 Å². The highest BCUT2D eigenvalue weighted by Gasteiger charge is 2.08. The largest absolute Gasteiger partial charge is 0.353 e. The molecule has 5 heteroatoms. The summed E-state index contributed by atoms with van der Waals surface area (Å²) in [6.45, 7) is 5.41. The van der Waals surface area contributed by atoms with E-state index in [2.05, 4.69) is 16.0 Å². The Labute approximate surface area is 113 Å². The summed E-state index contributed by atoms with van der Waals surface area (Å²) in [4.78, 5) is 23.2. The van der Waals surface area contributed by atoms with Crippen LogP contribution in [0.1, 0.15) is 24.2 Å². The first-order valence-electron chi connectivity index (χ1n) is 6.46. The van der Waals surface area contributed by atoms with Crippen LogP contribution in [0.15, 0.2) is 30.3 Å². The van der Waals surface area contributed by atoms with E-state index in [-0.39, 0.29) is 24.4 Å². The lowest BCUT2D eigenvalue weighted by Crippen LogP contribution is -2.43. The van der Waals surface area contributed by atoms with E-state index >= 15 is 0 Å². The monoisotopic (exact) mass is 263 g/mol. The number of amides is 2. The van der Waals surface area contributed by atoms with Crippen LogP contribution in [0, 0.1) is 0 Å². The van der Waals surface area contributed by atoms with Gasteiger partial charge in [0.2, 0.25) is 5.91 Å². The molecule has 3 N–H and O–H groups in total. The van der Waals surface area contributed by atoms with E-state index in [0.29, 0.717) is 12.1 Å². The maximum absolute atomic E-state index is 11.7. The number of carbonyl (C=O) groups is 2. The summed E-state index contributed by atoms with van der Waals surface area (Å²) in [5, 5.41) is 8.53. The maximum Gasteiger partial charge on any atom is 0.251 e. The van der Waals surface area contributed by atoms with E-state index in [0.717, 1.165) is 6.54 Å². The van der Waals surface area contributed by atoms with Crippen LogP contribution in [0.5, 0.6) is 0 Å². The molecule has 0 aliphatic rings.